The summed E-state index contributed by atoms with van der Waals surface area (Å²) in [6.45, 7) is 1.58. The second kappa shape index (κ2) is 6.99. The van der Waals surface area contributed by atoms with E-state index in [0.717, 1.165) is 4.57 Å². The van der Waals surface area contributed by atoms with E-state index in [4.69, 9.17) is 0 Å². The zero-order valence-electron chi connectivity index (χ0n) is 15.3. The van der Waals surface area contributed by atoms with Gasteiger partial charge >= 0.3 is 5.69 Å². The van der Waals surface area contributed by atoms with Crippen LogP contribution in [0.3, 0.4) is 0 Å². The highest BCUT2D eigenvalue weighted by molar-refractivity contribution is 5.98. The molecule has 1 aromatic carbocycles. The molecule has 3 N–H and O–H groups in total. The molecule has 0 saturated carbocycles. The first-order chi connectivity index (χ1) is 13.2. The highest BCUT2D eigenvalue weighted by Crippen LogP contribution is 2.23. The summed E-state index contributed by atoms with van der Waals surface area (Å²) < 4.78 is 2.18. The Hall–Kier alpha value is -3.95. The number of nitrogens with zero attached hydrogens (tertiary/aromatic N) is 4. The lowest BCUT2D eigenvalue weighted by molar-refractivity contribution is 0.0954. The monoisotopic (exact) mass is 383 g/mol. The van der Waals surface area contributed by atoms with Crippen LogP contribution in [0.1, 0.15) is 21.6 Å². The van der Waals surface area contributed by atoms with Crippen LogP contribution < -0.4 is 16.7 Å². The van der Waals surface area contributed by atoms with Crippen LogP contribution in [0.15, 0.2) is 39.0 Å². The Labute approximate surface area is 158 Å². The van der Waals surface area contributed by atoms with Crippen LogP contribution in [0.25, 0.3) is 11.0 Å². The average molecular weight is 383 g/mol. The second-order valence-corrected chi connectivity index (χ2v) is 6.15. The highest BCUT2D eigenvalue weighted by Gasteiger charge is 2.16. The van der Waals surface area contributed by atoms with E-state index in [2.05, 4.69) is 15.5 Å². The first kappa shape index (κ1) is 18.8. The number of fused-ring (bicyclic) bond motifs is 1. The number of phenols is 2. The third kappa shape index (κ3) is 3.22. The first-order valence-corrected chi connectivity index (χ1v) is 8.13. The molecule has 10 nitrogen and oxygen atoms in total. The summed E-state index contributed by atoms with van der Waals surface area (Å²) in [6, 6.07) is 5.43. The number of aryl methyl sites for hydroxylation is 2. The number of hydrogen-bond acceptors (Lipinski definition) is 7. The largest absolute Gasteiger partial charge is 0.504 e. The fourth-order valence-electron chi connectivity index (χ4n) is 2.67. The maximum Gasteiger partial charge on any atom is 0.332 e. The van der Waals surface area contributed by atoms with Crippen molar-refractivity contribution in [3.63, 3.8) is 0 Å². The van der Waals surface area contributed by atoms with Gasteiger partial charge < -0.3 is 10.2 Å². The number of phenolic OH excluding ortho intramolecular Hbond substituents is 2. The minimum Gasteiger partial charge on any atom is -0.504 e. The number of benzene rings is 1. The molecule has 0 aliphatic rings. The van der Waals surface area contributed by atoms with Gasteiger partial charge in [-0.05, 0) is 36.8 Å². The molecule has 144 valence electrons. The molecule has 0 fully saturated rings. The molecule has 0 bridgehead atoms. The average Bonchev–Trinajstić information content (AvgIpc) is 2.67. The number of amides is 1. The number of rotatable bonds is 3. The van der Waals surface area contributed by atoms with Crippen molar-refractivity contribution in [1.82, 2.24) is 19.5 Å². The normalized spacial score (nSPS) is 11.2. The number of hydrazone groups is 1. The van der Waals surface area contributed by atoms with Gasteiger partial charge in [0.05, 0.1) is 22.9 Å². The van der Waals surface area contributed by atoms with Crippen LogP contribution in [0.4, 0.5) is 0 Å². The van der Waals surface area contributed by atoms with Crippen LogP contribution in [0.5, 0.6) is 11.5 Å². The number of pyridine rings is 1. The second-order valence-electron chi connectivity index (χ2n) is 6.15. The van der Waals surface area contributed by atoms with Crippen molar-refractivity contribution < 1.29 is 15.0 Å². The lowest BCUT2D eigenvalue weighted by Crippen LogP contribution is -2.37. The molecule has 0 aliphatic carbocycles. The summed E-state index contributed by atoms with van der Waals surface area (Å²) in [5.74, 6) is -1.18. The van der Waals surface area contributed by atoms with Gasteiger partial charge in [0.25, 0.3) is 11.5 Å². The Morgan fingerprint density at radius 3 is 2.54 bits per heavy atom. The molecular weight excluding hydrogens is 366 g/mol. The smallest absolute Gasteiger partial charge is 0.332 e. The number of hydrogen-bond donors (Lipinski definition) is 3. The lowest BCUT2D eigenvalue weighted by Gasteiger charge is -2.10. The lowest BCUT2D eigenvalue weighted by atomic mass is 10.1. The van der Waals surface area contributed by atoms with Crippen LogP contribution in [-0.2, 0) is 14.1 Å². The van der Waals surface area contributed by atoms with Crippen molar-refractivity contribution in [2.45, 2.75) is 6.92 Å². The maximum absolute atomic E-state index is 12.4. The van der Waals surface area contributed by atoms with E-state index in [0.29, 0.717) is 11.3 Å². The van der Waals surface area contributed by atoms with Crippen molar-refractivity contribution in [2.24, 2.45) is 19.2 Å². The number of aromatic hydroxyl groups is 2. The van der Waals surface area contributed by atoms with Crippen LogP contribution in [0, 0.1) is 6.92 Å². The Morgan fingerprint density at radius 2 is 1.86 bits per heavy atom. The molecule has 3 aromatic rings. The predicted octanol–water partition coefficient (Wildman–Crippen LogP) is 0.116. The van der Waals surface area contributed by atoms with Gasteiger partial charge in [-0.15, -0.1) is 0 Å². The van der Waals surface area contributed by atoms with E-state index < -0.39 is 17.2 Å². The van der Waals surface area contributed by atoms with E-state index in [-0.39, 0.29) is 28.1 Å². The van der Waals surface area contributed by atoms with E-state index in [1.54, 1.807) is 6.92 Å². The van der Waals surface area contributed by atoms with Gasteiger partial charge in [-0.2, -0.15) is 5.10 Å². The number of carbonyl (C=O) groups is 1. The minimum atomic E-state index is -0.595. The molecular formula is C18H17N5O5. The molecule has 10 heteroatoms. The Bertz CT molecular complexity index is 1260. The van der Waals surface area contributed by atoms with Crippen LogP contribution >= 0.6 is 0 Å². The topological polar surface area (TPSA) is 139 Å². The Balaban J connectivity index is 1.94. The number of carbonyl (C=O) groups excluding carboxylic acids is 1. The summed E-state index contributed by atoms with van der Waals surface area (Å²) >= 11 is 0. The number of aromatic nitrogens is 3. The molecule has 2 heterocycles. The summed E-state index contributed by atoms with van der Waals surface area (Å²) in [5.41, 5.74) is 2.35. The van der Waals surface area contributed by atoms with Gasteiger partial charge in [0.2, 0.25) is 0 Å². The first-order valence-electron chi connectivity index (χ1n) is 8.13. The molecule has 0 atom stereocenters. The highest BCUT2D eigenvalue weighted by atomic mass is 16.3. The van der Waals surface area contributed by atoms with E-state index in [1.807, 2.05) is 0 Å². The van der Waals surface area contributed by atoms with Crippen molar-refractivity contribution in [2.75, 3.05) is 0 Å². The van der Waals surface area contributed by atoms with Gasteiger partial charge in [0.15, 0.2) is 11.5 Å². The number of nitrogens with one attached hydrogen (secondary N) is 1. The maximum atomic E-state index is 12.4. The third-order valence-corrected chi connectivity index (χ3v) is 4.24. The molecule has 0 unspecified atom stereocenters. The van der Waals surface area contributed by atoms with Gasteiger partial charge in [-0.25, -0.2) is 15.2 Å². The van der Waals surface area contributed by atoms with Crippen LogP contribution in [0.2, 0.25) is 0 Å². The molecule has 0 spiro atoms. The molecule has 0 saturated heterocycles. The summed E-state index contributed by atoms with van der Waals surface area (Å²) in [5, 5.41) is 22.7. The SMILES string of the molecule is Cc1nc2c(cc1C(=O)N/N=C/c1ccc(O)c(O)c1)c(=O)n(C)c(=O)n2C. The summed E-state index contributed by atoms with van der Waals surface area (Å²) in [7, 11) is 2.84. The predicted molar refractivity (Wildman–Crippen MR) is 102 cm³/mol. The van der Waals surface area contributed by atoms with E-state index >= 15 is 0 Å². The Kier molecular flexibility index (Phi) is 4.70. The summed E-state index contributed by atoms with van der Waals surface area (Å²) in [6.07, 6.45) is 1.28. The zero-order valence-corrected chi connectivity index (χ0v) is 15.3. The molecule has 2 aromatic heterocycles. The third-order valence-electron chi connectivity index (χ3n) is 4.24. The zero-order chi connectivity index (χ0) is 20.6. The molecule has 0 radical (unpaired) electrons. The van der Waals surface area contributed by atoms with E-state index in [9.17, 15) is 24.6 Å². The minimum absolute atomic E-state index is 0.132. The van der Waals surface area contributed by atoms with Crippen molar-refractivity contribution in [1.29, 1.82) is 0 Å². The van der Waals surface area contributed by atoms with Gasteiger partial charge in [0, 0.05) is 14.1 Å². The van der Waals surface area contributed by atoms with Gasteiger partial charge in [-0.3, -0.25) is 18.7 Å². The fraction of sp³-hybridized carbons (Fsp3) is 0.167. The molecule has 1 amide bonds. The van der Waals surface area contributed by atoms with Crippen LogP contribution in [-0.4, -0.2) is 36.5 Å². The standard InChI is InChI=1S/C18H17N5O5/c1-9-11(7-12-15(20-9)22(2)18(28)23(3)17(12)27)16(26)21-19-8-10-4-5-13(24)14(25)6-10/h4-8,24-25H,1-3H3,(H,21,26)/b19-8+. The quantitative estimate of drug-likeness (QED) is 0.333. The van der Waals surface area contributed by atoms with Gasteiger partial charge in [-0.1, -0.05) is 0 Å². The molecule has 28 heavy (non-hydrogen) atoms. The fourth-order valence-corrected chi connectivity index (χ4v) is 2.67. The Morgan fingerprint density at radius 1 is 1.14 bits per heavy atom. The van der Waals surface area contributed by atoms with Crippen molar-refractivity contribution >= 4 is 23.2 Å². The molecule has 3 rings (SSSR count). The van der Waals surface area contributed by atoms with Gasteiger partial charge in [0.1, 0.15) is 5.65 Å². The molecule has 0 aliphatic heterocycles. The van der Waals surface area contributed by atoms with Crippen molar-refractivity contribution in [3.05, 3.63) is 61.9 Å². The van der Waals surface area contributed by atoms with E-state index in [1.165, 1.54) is 49.1 Å². The summed E-state index contributed by atoms with van der Waals surface area (Å²) in [4.78, 5) is 41.0. The van der Waals surface area contributed by atoms with Crippen molar-refractivity contribution in [3.8, 4) is 11.5 Å².